The van der Waals surface area contributed by atoms with Gasteiger partial charge in [-0.3, -0.25) is 14.4 Å². The summed E-state index contributed by atoms with van der Waals surface area (Å²) in [6.07, 6.45) is 0. The molecular weight excluding hydrogens is 304 g/mol. The molecule has 0 radical (unpaired) electrons. The second kappa shape index (κ2) is 6.28. The quantitative estimate of drug-likeness (QED) is 0.880. The number of fused-ring (bicyclic) bond motifs is 1. The Morgan fingerprint density at radius 3 is 2.58 bits per heavy atom. The van der Waals surface area contributed by atoms with Crippen LogP contribution in [0.1, 0.15) is 40.1 Å². The Morgan fingerprint density at radius 2 is 1.88 bits per heavy atom. The van der Waals surface area contributed by atoms with Crippen LogP contribution in [-0.2, 0) is 11.3 Å². The van der Waals surface area contributed by atoms with Crippen molar-refractivity contribution in [1.82, 2.24) is 4.90 Å². The van der Waals surface area contributed by atoms with E-state index in [0.29, 0.717) is 23.4 Å². The van der Waals surface area contributed by atoms with Crippen LogP contribution in [-0.4, -0.2) is 28.5 Å². The summed E-state index contributed by atoms with van der Waals surface area (Å²) in [7, 11) is 0. The van der Waals surface area contributed by atoms with Crippen molar-refractivity contribution in [2.24, 2.45) is 0 Å². The van der Waals surface area contributed by atoms with Crippen LogP contribution in [0, 0.1) is 0 Å². The fraction of sp³-hybridized carbons (Fsp3) is 0.211. The van der Waals surface area contributed by atoms with Crippen molar-refractivity contribution >= 4 is 23.3 Å². The molecule has 1 N–H and O–H groups in total. The van der Waals surface area contributed by atoms with Gasteiger partial charge in [0.2, 0.25) is 5.91 Å². The van der Waals surface area contributed by atoms with E-state index in [1.165, 1.54) is 6.92 Å². The fourth-order valence-corrected chi connectivity index (χ4v) is 2.79. The van der Waals surface area contributed by atoms with Gasteiger partial charge in [-0.15, -0.1) is 0 Å². The molecule has 0 saturated carbocycles. The lowest BCUT2D eigenvalue weighted by Crippen LogP contribution is -2.42. The minimum absolute atomic E-state index is 0.0654. The van der Waals surface area contributed by atoms with Crippen LogP contribution < -0.4 is 5.32 Å². The van der Waals surface area contributed by atoms with E-state index in [-0.39, 0.29) is 17.6 Å². The first-order valence-corrected chi connectivity index (χ1v) is 7.78. The van der Waals surface area contributed by atoms with Crippen molar-refractivity contribution in [3.8, 4) is 0 Å². The zero-order chi connectivity index (χ0) is 17.3. The molecule has 5 nitrogen and oxygen atoms in total. The van der Waals surface area contributed by atoms with Gasteiger partial charge in [-0.05, 0) is 37.6 Å². The molecule has 0 aromatic heterocycles. The monoisotopic (exact) mass is 322 g/mol. The summed E-state index contributed by atoms with van der Waals surface area (Å²) in [6.45, 7) is 3.61. The van der Waals surface area contributed by atoms with Crippen LogP contribution in [0.25, 0.3) is 0 Å². The zero-order valence-corrected chi connectivity index (χ0v) is 13.6. The normalized spacial score (nSPS) is 14.2. The molecule has 122 valence electrons. The van der Waals surface area contributed by atoms with Crippen LogP contribution in [0.3, 0.4) is 0 Å². The summed E-state index contributed by atoms with van der Waals surface area (Å²) in [5.41, 5.74) is 2.66. The van der Waals surface area contributed by atoms with Crippen molar-refractivity contribution in [2.75, 3.05) is 5.32 Å². The van der Waals surface area contributed by atoms with Crippen molar-refractivity contribution in [1.29, 1.82) is 0 Å². The number of nitrogens with one attached hydrogen (secondary N) is 1. The predicted molar refractivity (Wildman–Crippen MR) is 90.9 cm³/mol. The minimum atomic E-state index is -0.606. The first kappa shape index (κ1) is 15.9. The molecule has 1 atom stereocenters. The summed E-state index contributed by atoms with van der Waals surface area (Å²) in [4.78, 5) is 37.9. The van der Waals surface area contributed by atoms with Crippen LogP contribution in [0.5, 0.6) is 0 Å². The summed E-state index contributed by atoms with van der Waals surface area (Å²) < 4.78 is 0. The van der Waals surface area contributed by atoms with Gasteiger partial charge in [0.1, 0.15) is 6.04 Å². The molecule has 1 heterocycles. The maximum atomic E-state index is 12.5. The molecule has 0 aliphatic carbocycles. The van der Waals surface area contributed by atoms with Crippen molar-refractivity contribution in [2.45, 2.75) is 26.4 Å². The van der Waals surface area contributed by atoms with E-state index in [0.717, 1.165) is 5.56 Å². The average molecular weight is 322 g/mol. The van der Waals surface area contributed by atoms with Gasteiger partial charge in [-0.2, -0.15) is 0 Å². The summed E-state index contributed by atoms with van der Waals surface area (Å²) in [6, 6.07) is 13.5. The van der Waals surface area contributed by atoms with Gasteiger partial charge in [0.05, 0.1) is 0 Å². The predicted octanol–water partition coefficient (Wildman–Crippen LogP) is 2.87. The Labute approximate surface area is 140 Å². The van der Waals surface area contributed by atoms with Gasteiger partial charge in [0.25, 0.3) is 5.91 Å². The van der Waals surface area contributed by atoms with E-state index in [1.54, 1.807) is 42.2 Å². The highest BCUT2D eigenvalue weighted by atomic mass is 16.2. The molecule has 1 aliphatic rings. The van der Waals surface area contributed by atoms with Gasteiger partial charge >= 0.3 is 0 Å². The van der Waals surface area contributed by atoms with Crippen molar-refractivity contribution in [3.63, 3.8) is 0 Å². The lowest BCUT2D eigenvalue weighted by atomic mass is 10.1. The number of nitrogens with zero attached hydrogens (tertiary/aromatic N) is 1. The summed E-state index contributed by atoms with van der Waals surface area (Å²) in [5, 5.41) is 2.78. The number of hydrogen-bond donors (Lipinski definition) is 1. The maximum absolute atomic E-state index is 12.5. The number of hydrogen-bond acceptors (Lipinski definition) is 3. The van der Waals surface area contributed by atoms with E-state index in [1.807, 2.05) is 18.2 Å². The smallest absolute Gasteiger partial charge is 0.255 e. The van der Waals surface area contributed by atoms with Crippen LogP contribution in [0.2, 0.25) is 0 Å². The molecule has 1 unspecified atom stereocenters. The number of carbonyl (C=O) groups excluding carboxylic acids is 3. The number of anilines is 1. The van der Waals surface area contributed by atoms with Crippen molar-refractivity contribution < 1.29 is 14.4 Å². The van der Waals surface area contributed by atoms with E-state index < -0.39 is 6.04 Å². The minimum Gasteiger partial charge on any atom is -0.324 e. The molecule has 1 aliphatic heterocycles. The first-order chi connectivity index (χ1) is 11.5. The number of Topliss-reactive ketones (excluding diaryl/α,β-unsaturated/α-hetero) is 1. The SMILES string of the molecule is CC(=O)c1cccc(NC(=O)C(C)N2Cc3ccccc3C2=O)c1. The highest BCUT2D eigenvalue weighted by molar-refractivity contribution is 6.04. The zero-order valence-electron chi connectivity index (χ0n) is 13.6. The van der Waals surface area contributed by atoms with E-state index in [4.69, 9.17) is 0 Å². The number of rotatable bonds is 4. The van der Waals surface area contributed by atoms with Crippen LogP contribution in [0.15, 0.2) is 48.5 Å². The molecule has 3 rings (SSSR count). The lowest BCUT2D eigenvalue weighted by molar-refractivity contribution is -0.120. The van der Waals surface area contributed by atoms with Crippen molar-refractivity contribution in [3.05, 3.63) is 65.2 Å². The van der Waals surface area contributed by atoms with Gasteiger partial charge in [0.15, 0.2) is 5.78 Å². The Bertz CT molecular complexity index is 829. The third-order valence-electron chi connectivity index (χ3n) is 4.23. The molecule has 0 fully saturated rings. The third kappa shape index (κ3) is 2.93. The second-order valence-corrected chi connectivity index (χ2v) is 5.89. The maximum Gasteiger partial charge on any atom is 0.255 e. The Kier molecular flexibility index (Phi) is 4.16. The summed E-state index contributed by atoms with van der Waals surface area (Å²) in [5.74, 6) is -0.480. The standard InChI is InChI=1S/C19H18N2O3/c1-12(21-11-15-6-3-4-9-17(15)19(21)24)18(23)20-16-8-5-7-14(10-16)13(2)22/h3-10,12H,11H2,1-2H3,(H,20,23). The van der Waals surface area contributed by atoms with Crippen LogP contribution >= 0.6 is 0 Å². The average Bonchev–Trinajstić information content (AvgIpc) is 2.91. The van der Waals surface area contributed by atoms with E-state index in [2.05, 4.69) is 5.32 Å². The molecular formula is C19H18N2O3. The summed E-state index contributed by atoms with van der Waals surface area (Å²) >= 11 is 0. The third-order valence-corrected chi connectivity index (χ3v) is 4.23. The molecule has 2 aromatic rings. The van der Waals surface area contributed by atoms with Gasteiger partial charge < -0.3 is 10.2 Å². The molecule has 2 aromatic carbocycles. The number of benzene rings is 2. The highest BCUT2D eigenvalue weighted by Crippen LogP contribution is 2.24. The second-order valence-electron chi connectivity index (χ2n) is 5.89. The first-order valence-electron chi connectivity index (χ1n) is 7.78. The Hall–Kier alpha value is -2.95. The van der Waals surface area contributed by atoms with E-state index >= 15 is 0 Å². The largest absolute Gasteiger partial charge is 0.324 e. The molecule has 0 spiro atoms. The number of amides is 2. The number of carbonyl (C=O) groups is 3. The lowest BCUT2D eigenvalue weighted by Gasteiger charge is -2.23. The Morgan fingerprint density at radius 1 is 1.12 bits per heavy atom. The number of ketones is 1. The van der Waals surface area contributed by atoms with Gasteiger partial charge in [-0.1, -0.05) is 30.3 Å². The van der Waals surface area contributed by atoms with Gasteiger partial charge in [0, 0.05) is 23.4 Å². The topological polar surface area (TPSA) is 66.5 Å². The van der Waals surface area contributed by atoms with Crippen LogP contribution in [0.4, 0.5) is 5.69 Å². The fourth-order valence-electron chi connectivity index (χ4n) is 2.79. The molecule has 0 saturated heterocycles. The molecule has 2 amide bonds. The Balaban J connectivity index is 1.73. The van der Waals surface area contributed by atoms with Gasteiger partial charge in [-0.25, -0.2) is 0 Å². The molecule has 24 heavy (non-hydrogen) atoms. The highest BCUT2D eigenvalue weighted by Gasteiger charge is 2.33. The molecule has 0 bridgehead atoms. The molecule has 5 heteroatoms. The van der Waals surface area contributed by atoms with E-state index in [9.17, 15) is 14.4 Å².